The quantitative estimate of drug-likeness (QED) is 0.833. The van der Waals surface area contributed by atoms with E-state index >= 15 is 0 Å². The molecule has 0 aliphatic heterocycles. The Labute approximate surface area is 93.3 Å². The lowest BCUT2D eigenvalue weighted by Gasteiger charge is -2.11. The van der Waals surface area contributed by atoms with Crippen molar-refractivity contribution in [2.24, 2.45) is 7.05 Å². The van der Waals surface area contributed by atoms with Crippen LogP contribution in [0, 0.1) is 0 Å². The maximum Gasteiger partial charge on any atom is 0.122 e. The van der Waals surface area contributed by atoms with Crippen LogP contribution in [0.2, 0.25) is 0 Å². The molecule has 1 aromatic heterocycles. The highest BCUT2D eigenvalue weighted by atomic mass is 16.5. The van der Waals surface area contributed by atoms with Crippen molar-refractivity contribution in [3.63, 3.8) is 0 Å². The van der Waals surface area contributed by atoms with Crippen molar-refractivity contribution in [1.29, 1.82) is 0 Å². The summed E-state index contributed by atoms with van der Waals surface area (Å²) in [4.78, 5) is 0. The average molecular weight is 219 g/mol. The van der Waals surface area contributed by atoms with Gasteiger partial charge in [-0.3, -0.25) is 0 Å². The summed E-state index contributed by atoms with van der Waals surface area (Å²) in [5.41, 5.74) is 1.40. The number of ether oxygens (including phenoxy) is 1. The first-order valence-electron chi connectivity index (χ1n) is 4.89. The predicted molar refractivity (Wildman–Crippen MR) is 58.1 cm³/mol. The lowest BCUT2D eigenvalue weighted by Crippen LogP contribution is -2.06. The summed E-state index contributed by atoms with van der Waals surface area (Å²) < 4.78 is 6.65. The van der Waals surface area contributed by atoms with E-state index in [0.29, 0.717) is 11.4 Å². The van der Waals surface area contributed by atoms with E-state index in [2.05, 4.69) is 10.3 Å². The van der Waals surface area contributed by atoms with Crippen molar-refractivity contribution >= 4 is 0 Å². The van der Waals surface area contributed by atoms with Crippen LogP contribution in [0.5, 0.6) is 5.75 Å². The van der Waals surface area contributed by atoms with Gasteiger partial charge in [-0.15, -0.1) is 5.10 Å². The van der Waals surface area contributed by atoms with Crippen LogP contribution in [-0.2, 0) is 7.05 Å². The Kier molecular flexibility index (Phi) is 2.87. The van der Waals surface area contributed by atoms with Gasteiger partial charge in [0.15, 0.2) is 0 Å². The first-order chi connectivity index (χ1) is 7.72. The number of benzene rings is 1. The van der Waals surface area contributed by atoms with E-state index in [1.54, 1.807) is 31.1 Å². The van der Waals surface area contributed by atoms with Crippen LogP contribution in [0.4, 0.5) is 0 Å². The molecule has 84 valence electrons. The van der Waals surface area contributed by atoms with Gasteiger partial charge in [0, 0.05) is 7.05 Å². The molecular weight excluding hydrogens is 206 g/mol. The molecule has 0 spiro atoms. The zero-order valence-corrected chi connectivity index (χ0v) is 9.16. The molecule has 1 atom stereocenters. The monoisotopic (exact) mass is 219 g/mol. The van der Waals surface area contributed by atoms with Gasteiger partial charge in [-0.1, -0.05) is 17.3 Å². The van der Waals surface area contributed by atoms with Crippen LogP contribution in [0.1, 0.15) is 17.4 Å². The number of aliphatic hydroxyl groups is 1. The summed E-state index contributed by atoms with van der Waals surface area (Å²) >= 11 is 0. The van der Waals surface area contributed by atoms with Crippen LogP contribution in [-0.4, -0.2) is 27.2 Å². The highest BCUT2D eigenvalue weighted by Gasteiger charge is 2.14. The van der Waals surface area contributed by atoms with E-state index in [-0.39, 0.29) is 0 Å². The van der Waals surface area contributed by atoms with Crippen molar-refractivity contribution in [2.75, 3.05) is 7.11 Å². The van der Waals surface area contributed by atoms with E-state index in [1.165, 1.54) is 0 Å². The second kappa shape index (κ2) is 4.32. The topological polar surface area (TPSA) is 60.2 Å². The SMILES string of the molecule is COc1cccc(C(O)c2cnnn2C)c1. The van der Waals surface area contributed by atoms with Gasteiger partial charge < -0.3 is 9.84 Å². The fourth-order valence-corrected chi connectivity index (χ4v) is 1.53. The summed E-state index contributed by atoms with van der Waals surface area (Å²) in [5.74, 6) is 0.715. The third-order valence-corrected chi connectivity index (χ3v) is 2.44. The van der Waals surface area contributed by atoms with Gasteiger partial charge in [-0.2, -0.15) is 0 Å². The first-order valence-corrected chi connectivity index (χ1v) is 4.89. The number of hydrogen-bond donors (Lipinski definition) is 1. The largest absolute Gasteiger partial charge is 0.497 e. The van der Waals surface area contributed by atoms with E-state index in [9.17, 15) is 5.11 Å². The van der Waals surface area contributed by atoms with Gasteiger partial charge in [0.25, 0.3) is 0 Å². The Bertz CT molecular complexity index is 482. The van der Waals surface area contributed by atoms with Crippen molar-refractivity contribution in [1.82, 2.24) is 15.0 Å². The zero-order valence-electron chi connectivity index (χ0n) is 9.16. The molecule has 1 N–H and O–H groups in total. The number of aliphatic hydroxyl groups excluding tert-OH is 1. The average Bonchev–Trinajstić information content (AvgIpc) is 2.74. The maximum atomic E-state index is 10.1. The summed E-state index contributed by atoms with van der Waals surface area (Å²) in [7, 11) is 3.34. The Morgan fingerprint density at radius 1 is 1.44 bits per heavy atom. The molecule has 2 rings (SSSR count). The normalized spacial score (nSPS) is 12.4. The maximum absolute atomic E-state index is 10.1. The molecular formula is C11H13N3O2. The van der Waals surface area contributed by atoms with Gasteiger partial charge in [0.2, 0.25) is 0 Å². The minimum Gasteiger partial charge on any atom is -0.497 e. The van der Waals surface area contributed by atoms with Crippen molar-refractivity contribution in [2.45, 2.75) is 6.10 Å². The van der Waals surface area contributed by atoms with Crippen molar-refractivity contribution in [3.05, 3.63) is 41.7 Å². The van der Waals surface area contributed by atoms with Gasteiger partial charge in [-0.25, -0.2) is 4.68 Å². The molecule has 1 aromatic carbocycles. The Morgan fingerprint density at radius 2 is 2.25 bits per heavy atom. The highest BCUT2D eigenvalue weighted by Crippen LogP contribution is 2.23. The molecule has 1 unspecified atom stereocenters. The predicted octanol–water partition coefficient (Wildman–Crippen LogP) is 0.905. The number of aromatic nitrogens is 3. The third-order valence-electron chi connectivity index (χ3n) is 2.44. The molecule has 1 heterocycles. The molecule has 0 fully saturated rings. The molecule has 0 saturated carbocycles. The highest BCUT2D eigenvalue weighted by molar-refractivity contribution is 5.32. The molecule has 5 nitrogen and oxygen atoms in total. The standard InChI is InChI=1S/C11H13N3O2/c1-14-10(7-12-13-14)11(15)8-4-3-5-9(6-8)16-2/h3-7,11,15H,1-2H3. The van der Waals surface area contributed by atoms with Gasteiger partial charge in [-0.05, 0) is 17.7 Å². The van der Waals surface area contributed by atoms with E-state index in [4.69, 9.17) is 4.74 Å². The van der Waals surface area contributed by atoms with E-state index in [1.807, 2.05) is 18.2 Å². The molecule has 16 heavy (non-hydrogen) atoms. The molecule has 5 heteroatoms. The lowest BCUT2D eigenvalue weighted by molar-refractivity contribution is 0.209. The smallest absolute Gasteiger partial charge is 0.122 e. The van der Waals surface area contributed by atoms with Crippen LogP contribution >= 0.6 is 0 Å². The molecule has 0 aliphatic rings. The molecule has 0 saturated heterocycles. The fourth-order valence-electron chi connectivity index (χ4n) is 1.53. The van der Waals surface area contributed by atoms with Crippen LogP contribution < -0.4 is 4.74 Å². The fraction of sp³-hybridized carbons (Fsp3) is 0.273. The summed E-state index contributed by atoms with van der Waals surface area (Å²) in [6.45, 7) is 0. The summed E-state index contributed by atoms with van der Waals surface area (Å²) in [6.07, 6.45) is 0.805. The number of hydrogen-bond acceptors (Lipinski definition) is 4. The van der Waals surface area contributed by atoms with Crippen LogP contribution in [0.15, 0.2) is 30.5 Å². The number of rotatable bonds is 3. The van der Waals surface area contributed by atoms with Crippen LogP contribution in [0.3, 0.4) is 0 Å². The van der Waals surface area contributed by atoms with E-state index in [0.717, 1.165) is 5.56 Å². The number of nitrogens with zero attached hydrogens (tertiary/aromatic N) is 3. The van der Waals surface area contributed by atoms with Crippen molar-refractivity contribution in [3.8, 4) is 5.75 Å². The van der Waals surface area contributed by atoms with E-state index < -0.39 is 6.10 Å². The summed E-state index contributed by atoms with van der Waals surface area (Å²) in [6, 6.07) is 7.29. The lowest BCUT2D eigenvalue weighted by atomic mass is 10.1. The second-order valence-corrected chi connectivity index (χ2v) is 3.46. The Balaban J connectivity index is 2.33. The van der Waals surface area contributed by atoms with Crippen molar-refractivity contribution < 1.29 is 9.84 Å². The molecule has 0 radical (unpaired) electrons. The molecule has 2 aromatic rings. The Hall–Kier alpha value is -1.88. The molecule has 0 aliphatic carbocycles. The first kappa shape index (κ1) is 10.6. The molecule has 0 bridgehead atoms. The van der Waals surface area contributed by atoms with Gasteiger partial charge in [0.1, 0.15) is 11.9 Å². The van der Waals surface area contributed by atoms with Gasteiger partial charge >= 0.3 is 0 Å². The zero-order chi connectivity index (χ0) is 11.5. The number of methoxy groups -OCH3 is 1. The second-order valence-electron chi connectivity index (χ2n) is 3.46. The minimum atomic E-state index is -0.741. The minimum absolute atomic E-state index is 0.647. The number of aryl methyl sites for hydroxylation is 1. The third kappa shape index (κ3) is 1.90. The molecule has 0 amide bonds. The van der Waals surface area contributed by atoms with Crippen LogP contribution in [0.25, 0.3) is 0 Å². The Morgan fingerprint density at radius 3 is 2.88 bits per heavy atom. The van der Waals surface area contributed by atoms with Gasteiger partial charge in [0.05, 0.1) is 19.0 Å². The summed E-state index contributed by atoms with van der Waals surface area (Å²) in [5, 5.41) is 17.6.